The highest BCUT2D eigenvalue weighted by molar-refractivity contribution is 6.09. The van der Waals surface area contributed by atoms with Gasteiger partial charge in [-0.2, -0.15) is 0 Å². The summed E-state index contributed by atoms with van der Waals surface area (Å²) in [6, 6.07) is -0.582. The van der Waals surface area contributed by atoms with E-state index in [2.05, 4.69) is 36.3 Å². The smallest absolute Gasteiger partial charge is 0.426 e. The summed E-state index contributed by atoms with van der Waals surface area (Å²) in [4.78, 5) is 49.1. The summed E-state index contributed by atoms with van der Waals surface area (Å²) < 4.78 is 4.60. The van der Waals surface area contributed by atoms with Crippen molar-refractivity contribution >= 4 is 23.9 Å². The lowest BCUT2D eigenvalue weighted by atomic mass is 9.64. The average molecular weight is 354 g/mol. The topological polar surface area (TPSA) is 117 Å². The van der Waals surface area contributed by atoms with Gasteiger partial charge < -0.3 is 10.1 Å². The van der Waals surface area contributed by atoms with Crippen LogP contribution < -0.4 is 16.2 Å². The number of urea groups is 1. The number of nitrogens with one attached hydrogen (secondary N) is 3. The molecule has 1 saturated heterocycles. The van der Waals surface area contributed by atoms with Crippen molar-refractivity contribution in [2.24, 2.45) is 11.3 Å². The molecule has 1 saturated carbocycles. The molecule has 9 nitrogen and oxygen atoms in total. The third kappa shape index (κ3) is 4.21. The van der Waals surface area contributed by atoms with Crippen LogP contribution in [-0.4, -0.2) is 47.5 Å². The van der Waals surface area contributed by atoms with Crippen molar-refractivity contribution in [1.82, 2.24) is 21.1 Å². The Morgan fingerprint density at radius 2 is 1.96 bits per heavy atom. The molecular weight excluding hydrogens is 328 g/mol. The second kappa shape index (κ2) is 6.89. The van der Waals surface area contributed by atoms with Crippen LogP contribution in [0.3, 0.4) is 0 Å². The van der Waals surface area contributed by atoms with Gasteiger partial charge in [-0.15, -0.1) is 0 Å². The fraction of sp³-hybridized carbons (Fsp3) is 0.750. The summed E-state index contributed by atoms with van der Waals surface area (Å²) >= 11 is 0. The summed E-state index contributed by atoms with van der Waals surface area (Å²) in [6.45, 7) is 7.52. The number of amides is 5. The van der Waals surface area contributed by atoms with Crippen molar-refractivity contribution in [3.63, 3.8) is 0 Å². The summed E-state index contributed by atoms with van der Waals surface area (Å²) in [7, 11) is 0. The Hall–Kier alpha value is -2.32. The van der Waals surface area contributed by atoms with Crippen molar-refractivity contribution in [2.75, 3.05) is 13.2 Å². The lowest BCUT2D eigenvalue weighted by molar-refractivity contribution is -0.137. The molecule has 2 unspecified atom stereocenters. The molecule has 2 rings (SSSR count). The molecule has 0 aromatic carbocycles. The first-order chi connectivity index (χ1) is 11.6. The average Bonchev–Trinajstić information content (AvgIpc) is 2.67. The van der Waals surface area contributed by atoms with Crippen molar-refractivity contribution in [2.45, 2.75) is 52.5 Å². The zero-order valence-electron chi connectivity index (χ0n) is 15.1. The molecule has 0 aromatic heterocycles. The van der Waals surface area contributed by atoms with E-state index in [1.165, 1.54) is 0 Å². The molecule has 3 N–H and O–H groups in total. The van der Waals surface area contributed by atoms with E-state index in [9.17, 15) is 19.2 Å². The van der Waals surface area contributed by atoms with Gasteiger partial charge in [0.15, 0.2) is 0 Å². The van der Waals surface area contributed by atoms with E-state index in [1.807, 2.05) is 5.43 Å². The maximum Gasteiger partial charge on any atom is 0.426 e. The van der Waals surface area contributed by atoms with E-state index in [1.54, 1.807) is 6.92 Å². The van der Waals surface area contributed by atoms with E-state index in [0.717, 1.165) is 11.3 Å². The van der Waals surface area contributed by atoms with Crippen LogP contribution in [0.2, 0.25) is 0 Å². The zero-order valence-corrected chi connectivity index (χ0v) is 15.1. The monoisotopic (exact) mass is 354 g/mol. The zero-order chi connectivity index (χ0) is 18.8. The third-order valence-corrected chi connectivity index (χ3v) is 4.51. The molecule has 1 heterocycles. The fourth-order valence-electron chi connectivity index (χ4n) is 4.12. The van der Waals surface area contributed by atoms with Crippen molar-refractivity contribution < 1.29 is 23.9 Å². The largest absolute Gasteiger partial charge is 0.449 e. The summed E-state index contributed by atoms with van der Waals surface area (Å²) in [6.07, 6.45) is 1.25. The molecule has 1 aliphatic heterocycles. The Labute approximate surface area is 146 Å². The Kier molecular flexibility index (Phi) is 5.24. The number of rotatable bonds is 3. The maximum absolute atomic E-state index is 12.9. The molecule has 2 aliphatic rings. The number of ether oxygens (including phenoxy) is 1. The number of carbonyl (C=O) groups excluding carboxylic acids is 4. The first-order valence-electron chi connectivity index (χ1n) is 8.44. The molecule has 0 radical (unpaired) electrons. The Balaban J connectivity index is 2.01. The number of nitrogens with zero attached hydrogens (tertiary/aromatic N) is 1. The fourth-order valence-corrected chi connectivity index (χ4v) is 4.12. The van der Waals surface area contributed by atoms with Crippen LogP contribution in [0.25, 0.3) is 0 Å². The van der Waals surface area contributed by atoms with Crippen LogP contribution in [0.1, 0.15) is 47.0 Å². The Morgan fingerprint density at radius 3 is 2.56 bits per heavy atom. The van der Waals surface area contributed by atoms with Crippen molar-refractivity contribution in [3.05, 3.63) is 0 Å². The van der Waals surface area contributed by atoms with Crippen LogP contribution >= 0.6 is 0 Å². The SMILES string of the molecule is CCOC(=O)NNC(=O)CN1C(=O)NC2(CC(C)CC(C)(C)C2)C1=O. The van der Waals surface area contributed by atoms with E-state index in [4.69, 9.17) is 0 Å². The Morgan fingerprint density at radius 1 is 1.28 bits per heavy atom. The van der Waals surface area contributed by atoms with E-state index >= 15 is 0 Å². The second-order valence-electron chi connectivity index (χ2n) is 7.65. The number of hydrogen-bond donors (Lipinski definition) is 3. The number of hydrogen-bond acceptors (Lipinski definition) is 5. The van der Waals surface area contributed by atoms with Crippen LogP contribution in [0.5, 0.6) is 0 Å². The van der Waals surface area contributed by atoms with Gasteiger partial charge in [0.1, 0.15) is 12.1 Å². The van der Waals surface area contributed by atoms with Gasteiger partial charge in [0.2, 0.25) is 0 Å². The second-order valence-corrected chi connectivity index (χ2v) is 7.65. The minimum atomic E-state index is -0.951. The predicted molar refractivity (Wildman–Crippen MR) is 88.1 cm³/mol. The van der Waals surface area contributed by atoms with Crippen LogP contribution in [0, 0.1) is 11.3 Å². The van der Waals surface area contributed by atoms with Gasteiger partial charge >= 0.3 is 12.1 Å². The molecule has 9 heteroatoms. The summed E-state index contributed by atoms with van der Waals surface area (Å²) in [5.74, 6) is -0.785. The van der Waals surface area contributed by atoms with Gasteiger partial charge in [-0.05, 0) is 37.5 Å². The molecule has 2 fully saturated rings. The van der Waals surface area contributed by atoms with Gasteiger partial charge in [0.25, 0.3) is 11.8 Å². The van der Waals surface area contributed by atoms with Gasteiger partial charge in [-0.3, -0.25) is 19.9 Å². The predicted octanol–water partition coefficient (Wildman–Crippen LogP) is 0.900. The minimum Gasteiger partial charge on any atom is -0.449 e. The van der Waals surface area contributed by atoms with Crippen LogP contribution in [-0.2, 0) is 14.3 Å². The third-order valence-electron chi connectivity index (χ3n) is 4.51. The lowest BCUT2D eigenvalue weighted by Gasteiger charge is -2.43. The van der Waals surface area contributed by atoms with E-state index in [-0.39, 0.29) is 23.8 Å². The van der Waals surface area contributed by atoms with Crippen LogP contribution in [0.15, 0.2) is 0 Å². The molecule has 1 spiro atoms. The Bertz CT molecular complexity index is 591. The van der Waals surface area contributed by atoms with Gasteiger partial charge in [-0.1, -0.05) is 20.8 Å². The molecule has 25 heavy (non-hydrogen) atoms. The minimum absolute atomic E-state index is 0.0790. The molecular formula is C16H26N4O5. The highest BCUT2D eigenvalue weighted by Gasteiger charge is 2.56. The number of imide groups is 1. The molecule has 5 amide bonds. The van der Waals surface area contributed by atoms with Crippen molar-refractivity contribution in [1.29, 1.82) is 0 Å². The molecule has 2 atom stereocenters. The first kappa shape index (κ1) is 19.0. The summed E-state index contributed by atoms with van der Waals surface area (Å²) in [5.41, 5.74) is 3.13. The number of carbonyl (C=O) groups is 4. The quantitative estimate of drug-likeness (QED) is 0.514. The molecule has 0 bridgehead atoms. The first-order valence-corrected chi connectivity index (χ1v) is 8.44. The number of hydrazine groups is 1. The van der Waals surface area contributed by atoms with Crippen molar-refractivity contribution in [3.8, 4) is 0 Å². The highest BCUT2D eigenvalue weighted by atomic mass is 16.6. The van der Waals surface area contributed by atoms with Crippen LogP contribution in [0.4, 0.5) is 9.59 Å². The standard InChI is InChI=1S/C16H26N4O5/c1-5-25-14(24)19-18-11(21)8-20-12(22)16(17-13(20)23)7-10(2)6-15(3,4)9-16/h10H,5-9H2,1-4H3,(H,17,23)(H,18,21)(H,19,24). The normalized spacial score (nSPS) is 27.8. The van der Waals surface area contributed by atoms with Gasteiger partial charge in [-0.25, -0.2) is 15.0 Å². The lowest BCUT2D eigenvalue weighted by Crippen LogP contribution is -2.54. The molecule has 0 aromatic rings. The maximum atomic E-state index is 12.9. The van der Waals surface area contributed by atoms with E-state index in [0.29, 0.717) is 12.8 Å². The highest BCUT2D eigenvalue weighted by Crippen LogP contribution is 2.46. The van der Waals surface area contributed by atoms with E-state index < -0.39 is 30.1 Å². The summed E-state index contributed by atoms with van der Waals surface area (Å²) in [5, 5.41) is 2.79. The molecule has 140 valence electrons. The molecule has 1 aliphatic carbocycles. The van der Waals surface area contributed by atoms with Gasteiger partial charge in [0, 0.05) is 0 Å². The van der Waals surface area contributed by atoms with Gasteiger partial charge in [0.05, 0.1) is 6.61 Å².